The Morgan fingerprint density at radius 3 is 2.94 bits per heavy atom. The Labute approximate surface area is 107 Å². The number of methoxy groups -OCH3 is 1. The van der Waals surface area contributed by atoms with E-state index in [9.17, 15) is 0 Å². The number of nitriles is 1. The lowest BCUT2D eigenvalue weighted by Crippen LogP contribution is -2.12. The molecule has 2 rings (SSSR count). The molecule has 0 fully saturated rings. The van der Waals surface area contributed by atoms with Crippen LogP contribution in [0.4, 0.5) is 5.69 Å². The fourth-order valence-corrected chi connectivity index (χ4v) is 1.70. The number of nitrogens with one attached hydrogen (secondary N) is 1. The van der Waals surface area contributed by atoms with Crippen molar-refractivity contribution in [1.82, 2.24) is 15.6 Å². The minimum absolute atomic E-state index is 0.465. The van der Waals surface area contributed by atoms with Gasteiger partial charge in [0.15, 0.2) is 28.1 Å². The Kier molecular flexibility index (Phi) is 3.64. The Morgan fingerprint density at radius 1 is 1.50 bits per heavy atom. The number of ether oxygens (including phenoxy) is 1. The highest BCUT2D eigenvalue weighted by molar-refractivity contribution is 8.13. The molecule has 0 amide bonds. The van der Waals surface area contributed by atoms with E-state index in [-0.39, 0.29) is 0 Å². The third kappa shape index (κ3) is 2.21. The van der Waals surface area contributed by atoms with Crippen molar-refractivity contribution in [2.24, 2.45) is 4.99 Å². The summed E-state index contributed by atoms with van der Waals surface area (Å²) in [5, 5.41) is 19.1. The lowest BCUT2D eigenvalue weighted by molar-refractivity contribution is 0.314. The minimum Gasteiger partial charge on any atom is -0.494 e. The van der Waals surface area contributed by atoms with E-state index in [2.05, 4.69) is 25.3 Å². The summed E-state index contributed by atoms with van der Waals surface area (Å²) in [5.41, 5.74) is 1.54. The fraction of sp³-hybridized carbons (Fsp3) is 0.200. The molecule has 0 radical (unpaired) electrons. The maximum absolute atomic E-state index is 8.58. The number of aliphatic imine (C=N–C) groups is 1. The van der Waals surface area contributed by atoms with Gasteiger partial charge in [0, 0.05) is 0 Å². The molecule has 0 saturated carbocycles. The number of rotatable bonds is 2. The standard InChI is InChI=1S/C10H9N5O2S/c1-16-7-4-3-6(8-9(7)15-17-14-8)13-10(18-2)12-5-11/h3-4H,1-2H3,(H,12,13). The zero-order valence-electron chi connectivity index (χ0n) is 9.67. The van der Waals surface area contributed by atoms with Crippen molar-refractivity contribution in [1.29, 1.82) is 5.26 Å². The first-order valence-corrected chi connectivity index (χ1v) is 6.09. The van der Waals surface area contributed by atoms with Crippen LogP contribution < -0.4 is 10.1 Å². The molecular formula is C10H9N5O2S. The molecule has 0 unspecified atom stereocenters. The number of hydrogen-bond acceptors (Lipinski definition) is 7. The molecule has 8 heteroatoms. The maximum Gasteiger partial charge on any atom is 0.183 e. The highest BCUT2D eigenvalue weighted by Crippen LogP contribution is 2.30. The zero-order valence-corrected chi connectivity index (χ0v) is 10.5. The molecule has 7 nitrogen and oxygen atoms in total. The Hall–Kier alpha value is -2.27. The molecule has 0 atom stereocenters. The summed E-state index contributed by atoms with van der Waals surface area (Å²) < 4.78 is 9.82. The van der Waals surface area contributed by atoms with E-state index in [1.165, 1.54) is 18.9 Å². The monoisotopic (exact) mass is 263 g/mol. The van der Waals surface area contributed by atoms with E-state index < -0.39 is 0 Å². The van der Waals surface area contributed by atoms with Gasteiger partial charge in [0.05, 0.1) is 12.8 Å². The van der Waals surface area contributed by atoms with Crippen LogP contribution in [-0.2, 0) is 0 Å². The average molecular weight is 263 g/mol. The SMILES string of the molecule is COc1ccc(N=C(NC#N)SC)c2nonc12. The third-order valence-corrected chi connectivity index (χ3v) is 2.74. The number of aromatic nitrogens is 2. The first-order chi connectivity index (χ1) is 8.80. The van der Waals surface area contributed by atoms with Crippen LogP contribution in [0, 0.1) is 11.5 Å². The molecule has 18 heavy (non-hydrogen) atoms. The van der Waals surface area contributed by atoms with Gasteiger partial charge in [-0.1, -0.05) is 11.8 Å². The second-order valence-corrected chi connectivity index (χ2v) is 3.90. The Balaban J connectivity index is 2.53. The van der Waals surface area contributed by atoms with Gasteiger partial charge in [0.2, 0.25) is 0 Å². The summed E-state index contributed by atoms with van der Waals surface area (Å²) in [6.07, 6.45) is 3.63. The van der Waals surface area contributed by atoms with Crippen LogP contribution >= 0.6 is 11.8 Å². The van der Waals surface area contributed by atoms with Crippen molar-refractivity contribution in [3.8, 4) is 11.9 Å². The molecule has 0 saturated heterocycles. The molecule has 92 valence electrons. The lowest BCUT2D eigenvalue weighted by atomic mass is 10.2. The number of hydrogen-bond donors (Lipinski definition) is 1. The topological polar surface area (TPSA) is 96.3 Å². The van der Waals surface area contributed by atoms with Crippen molar-refractivity contribution >= 4 is 33.7 Å². The molecule has 0 spiro atoms. The van der Waals surface area contributed by atoms with Crippen LogP contribution in [0.2, 0.25) is 0 Å². The van der Waals surface area contributed by atoms with Gasteiger partial charge in [0.25, 0.3) is 0 Å². The van der Waals surface area contributed by atoms with Crippen LogP contribution in [-0.4, -0.2) is 28.8 Å². The first kappa shape index (κ1) is 12.2. The van der Waals surface area contributed by atoms with E-state index in [1.807, 2.05) is 12.4 Å². The number of amidine groups is 1. The molecule has 0 aliphatic rings. The van der Waals surface area contributed by atoms with Gasteiger partial charge in [0.1, 0.15) is 0 Å². The average Bonchev–Trinajstić information content (AvgIpc) is 2.88. The summed E-state index contributed by atoms with van der Waals surface area (Å²) in [7, 11) is 1.54. The summed E-state index contributed by atoms with van der Waals surface area (Å²) in [4.78, 5) is 4.27. The number of thioether (sulfide) groups is 1. The Bertz CT molecular complexity index is 631. The molecule has 1 aromatic carbocycles. The zero-order chi connectivity index (χ0) is 13.0. The largest absolute Gasteiger partial charge is 0.494 e. The second-order valence-electron chi connectivity index (χ2n) is 3.11. The van der Waals surface area contributed by atoms with Crippen molar-refractivity contribution < 1.29 is 9.37 Å². The molecule has 1 heterocycles. The molecule has 0 aliphatic heterocycles. The van der Waals surface area contributed by atoms with Gasteiger partial charge in [-0.3, -0.25) is 5.32 Å². The summed E-state index contributed by atoms with van der Waals surface area (Å²) in [5.74, 6) is 0.559. The van der Waals surface area contributed by atoms with E-state index in [0.717, 1.165) is 0 Å². The molecule has 0 bridgehead atoms. The van der Waals surface area contributed by atoms with E-state index in [4.69, 9.17) is 10.00 Å². The highest BCUT2D eigenvalue weighted by Gasteiger charge is 2.12. The van der Waals surface area contributed by atoms with Crippen LogP contribution in [0.1, 0.15) is 0 Å². The van der Waals surface area contributed by atoms with Crippen molar-refractivity contribution in [2.45, 2.75) is 0 Å². The summed E-state index contributed by atoms with van der Waals surface area (Å²) in [6.45, 7) is 0. The fourth-order valence-electron chi connectivity index (χ4n) is 1.37. The predicted octanol–water partition coefficient (Wildman–Crippen LogP) is 1.65. The number of fused-ring (bicyclic) bond motifs is 1. The third-order valence-electron chi connectivity index (χ3n) is 2.16. The number of benzene rings is 1. The smallest absolute Gasteiger partial charge is 0.183 e. The van der Waals surface area contributed by atoms with Crippen LogP contribution in [0.5, 0.6) is 5.75 Å². The van der Waals surface area contributed by atoms with Gasteiger partial charge in [-0.2, -0.15) is 5.26 Å². The van der Waals surface area contributed by atoms with Crippen molar-refractivity contribution in [3.05, 3.63) is 12.1 Å². The van der Waals surface area contributed by atoms with Gasteiger partial charge < -0.3 is 4.74 Å². The van der Waals surface area contributed by atoms with Crippen LogP contribution in [0.25, 0.3) is 11.0 Å². The normalized spacial score (nSPS) is 11.3. The molecule has 0 aliphatic carbocycles. The van der Waals surface area contributed by atoms with Crippen LogP contribution in [0.15, 0.2) is 21.8 Å². The highest BCUT2D eigenvalue weighted by atomic mass is 32.2. The summed E-state index contributed by atoms with van der Waals surface area (Å²) in [6, 6.07) is 3.44. The number of nitrogens with zero attached hydrogens (tertiary/aromatic N) is 4. The molecule has 1 N–H and O–H groups in total. The van der Waals surface area contributed by atoms with E-state index in [1.54, 1.807) is 12.1 Å². The van der Waals surface area contributed by atoms with Gasteiger partial charge in [-0.15, -0.1) is 0 Å². The summed E-state index contributed by atoms with van der Waals surface area (Å²) >= 11 is 1.32. The molecule has 2 aromatic rings. The quantitative estimate of drug-likeness (QED) is 0.381. The predicted molar refractivity (Wildman–Crippen MR) is 67.7 cm³/mol. The van der Waals surface area contributed by atoms with Crippen molar-refractivity contribution in [3.63, 3.8) is 0 Å². The Morgan fingerprint density at radius 2 is 2.28 bits per heavy atom. The van der Waals surface area contributed by atoms with Gasteiger partial charge in [-0.25, -0.2) is 9.62 Å². The lowest BCUT2D eigenvalue weighted by Gasteiger charge is -2.02. The molecule has 1 aromatic heterocycles. The first-order valence-electron chi connectivity index (χ1n) is 4.87. The second kappa shape index (κ2) is 5.37. The van der Waals surface area contributed by atoms with Crippen LogP contribution in [0.3, 0.4) is 0 Å². The minimum atomic E-state index is 0.465. The molecular weight excluding hydrogens is 254 g/mol. The van der Waals surface area contributed by atoms with E-state index in [0.29, 0.717) is 27.6 Å². The van der Waals surface area contributed by atoms with E-state index >= 15 is 0 Å². The maximum atomic E-state index is 8.58. The van der Waals surface area contributed by atoms with Gasteiger partial charge >= 0.3 is 0 Å². The van der Waals surface area contributed by atoms with Gasteiger partial charge in [-0.05, 0) is 28.7 Å². The van der Waals surface area contributed by atoms with Crippen molar-refractivity contribution in [2.75, 3.05) is 13.4 Å².